The Morgan fingerprint density at radius 2 is 2.12 bits per heavy atom. The molecule has 0 saturated heterocycles. The molecule has 1 aromatic carbocycles. The van der Waals surface area contributed by atoms with Crippen LogP contribution in [0.2, 0.25) is 0 Å². The number of nitrogens with two attached hydrogens (primary N) is 1. The predicted molar refractivity (Wildman–Crippen MR) is 72.2 cm³/mol. The first-order valence-electron chi connectivity index (χ1n) is 6.84. The third kappa shape index (κ3) is 2.06. The summed E-state index contributed by atoms with van der Waals surface area (Å²) in [4.78, 5) is 2.63. The van der Waals surface area contributed by atoms with Gasteiger partial charge in [0.2, 0.25) is 0 Å². The number of hydrogen-bond acceptors (Lipinski definition) is 2. The molecule has 1 fully saturated rings. The van der Waals surface area contributed by atoms with Crippen LogP contribution in [0.25, 0.3) is 0 Å². The highest BCUT2D eigenvalue weighted by molar-refractivity contribution is 5.59. The second-order valence-corrected chi connectivity index (χ2v) is 5.71. The molecule has 2 heteroatoms. The minimum absolute atomic E-state index is 0.584. The zero-order chi connectivity index (χ0) is 11.8. The molecule has 2 nitrogen and oxygen atoms in total. The molecule has 1 aliphatic heterocycles. The number of anilines is 1. The maximum absolute atomic E-state index is 5.87. The van der Waals surface area contributed by atoms with Crippen LogP contribution in [0.3, 0.4) is 0 Å². The Labute approximate surface area is 104 Å². The van der Waals surface area contributed by atoms with Crippen LogP contribution in [-0.2, 0) is 6.42 Å². The van der Waals surface area contributed by atoms with E-state index in [1.54, 1.807) is 0 Å². The quantitative estimate of drug-likeness (QED) is 0.860. The molecule has 92 valence electrons. The average molecular weight is 230 g/mol. The summed E-state index contributed by atoms with van der Waals surface area (Å²) in [5.41, 5.74) is 8.84. The van der Waals surface area contributed by atoms with E-state index >= 15 is 0 Å². The fourth-order valence-electron chi connectivity index (χ4n) is 2.96. The molecule has 2 aliphatic rings. The minimum Gasteiger partial charge on any atom is -0.367 e. The minimum atomic E-state index is 0.584. The van der Waals surface area contributed by atoms with E-state index in [1.807, 2.05) is 0 Å². The highest BCUT2D eigenvalue weighted by Crippen LogP contribution is 2.39. The number of hydrogen-bond donors (Lipinski definition) is 1. The van der Waals surface area contributed by atoms with E-state index in [-0.39, 0.29) is 0 Å². The molecule has 0 bridgehead atoms. The first kappa shape index (κ1) is 11.1. The molecule has 1 saturated carbocycles. The molecule has 3 rings (SSSR count). The molecule has 0 radical (unpaired) electrons. The topological polar surface area (TPSA) is 29.3 Å². The van der Waals surface area contributed by atoms with Gasteiger partial charge in [0.25, 0.3) is 0 Å². The summed E-state index contributed by atoms with van der Waals surface area (Å²) in [7, 11) is 0. The van der Waals surface area contributed by atoms with Crippen molar-refractivity contribution in [3.63, 3.8) is 0 Å². The lowest BCUT2D eigenvalue weighted by Gasteiger charge is -2.31. The van der Waals surface area contributed by atoms with Gasteiger partial charge < -0.3 is 10.6 Å². The van der Waals surface area contributed by atoms with Gasteiger partial charge in [-0.3, -0.25) is 0 Å². The van der Waals surface area contributed by atoms with Gasteiger partial charge in [0, 0.05) is 18.3 Å². The number of fused-ring (bicyclic) bond motifs is 1. The standard InChI is InChI=1S/C15H22N2/c1-11(9-16)15-8-13-4-2-3-5-14(13)17(15)10-12-6-7-12/h2-5,11-12,15H,6-10,16H2,1H3. The predicted octanol–water partition coefficient (Wildman–Crippen LogP) is 2.42. The molecule has 17 heavy (non-hydrogen) atoms. The lowest BCUT2D eigenvalue weighted by molar-refractivity contribution is 0.441. The van der Waals surface area contributed by atoms with Crippen LogP contribution in [0.4, 0.5) is 5.69 Å². The van der Waals surface area contributed by atoms with Gasteiger partial charge in [0.15, 0.2) is 0 Å². The number of rotatable bonds is 4. The Bertz CT molecular complexity index is 398. The van der Waals surface area contributed by atoms with Crippen LogP contribution in [0.1, 0.15) is 25.3 Å². The normalized spacial score (nSPS) is 24.8. The Morgan fingerprint density at radius 3 is 2.82 bits per heavy atom. The highest BCUT2D eigenvalue weighted by atomic mass is 15.2. The Hall–Kier alpha value is -1.02. The fraction of sp³-hybridized carbons (Fsp3) is 0.600. The van der Waals surface area contributed by atoms with Crippen molar-refractivity contribution in [3.8, 4) is 0 Å². The average Bonchev–Trinajstić information content (AvgIpc) is 3.10. The van der Waals surface area contributed by atoms with E-state index in [2.05, 4.69) is 36.1 Å². The van der Waals surface area contributed by atoms with E-state index in [0.717, 1.165) is 12.5 Å². The molecule has 1 heterocycles. The van der Waals surface area contributed by atoms with E-state index in [0.29, 0.717) is 12.0 Å². The van der Waals surface area contributed by atoms with E-state index < -0.39 is 0 Å². The van der Waals surface area contributed by atoms with Crippen LogP contribution in [0.5, 0.6) is 0 Å². The van der Waals surface area contributed by atoms with Gasteiger partial charge in [-0.05, 0) is 49.3 Å². The van der Waals surface area contributed by atoms with Gasteiger partial charge in [-0.15, -0.1) is 0 Å². The third-order valence-electron chi connectivity index (χ3n) is 4.31. The summed E-state index contributed by atoms with van der Waals surface area (Å²) in [6.07, 6.45) is 4.02. The summed E-state index contributed by atoms with van der Waals surface area (Å²) in [6, 6.07) is 9.50. The summed E-state index contributed by atoms with van der Waals surface area (Å²) in [5, 5.41) is 0. The molecular weight excluding hydrogens is 208 g/mol. The Kier molecular flexibility index (Phi) is 2.83. The second-order valence-electron chi connectivity index (χ2n) is 5.71. The van der Waals surface area contributed by atoms with Crippen LogP contribution in [0.15, 0.2) is 24.3 Å². The van der Waals surface area contributed by atoms with Gasteiger partial charge in [-0.2, -0.15) is 0 Å². The smallest absolute Gasteiger partial charge is 0.0402 e. The van der Waals surface area contributed by atoms with Crippen molar-refractivity contribution >= 4 is 5.69 Å². The number of para-hydroxylation sites is 1. The van der Waals surface area contributed by atoms with Crippen LogP contribution >= 0.6 is 0 Å². The Morgan fingerprint density at radius 1 is 1.35 bits per heavy atom. The SMILES string of the molecule is CC(CN)C1Cc2ccccc2N1CC1CC1. The van der Waals surface area contributed by atoms with Crippen molar-refractivity contribution < 1.29 is 0 Å². The molecular formula is C15H22N2. The molecule has 1 aromatic rings. The molecule has 2 N–H and O–H groups in total. The lowest BCUT2D eigenvalue weighted by Crippen LogP contribution is -2.41. The Balaban J connectivity index is 1.86. The fourth-order valence-corrected chi connectivity index (χ4v) is 2.96. The van der Waals surface area contributed by atoms with Crippen molar-refractivity contribution in [1.29, 1.82) is 0 Å². The second kappa shape index (κ2) is 4.34. The van der Waals surface area contributed by atoms with Crippen LogP contribution < -0.4 is 10.6 Å². The van der Waals surface area contributed by atoms with Gasteiger partial charge in [0.05, 0.1) is 0 Å². The third-order valence-corrected chi connectivity index (χ3v) is 4.31. The summed E-state index contributed by atoms with van der Waals surface area (Å²) in [5.74, 6) is 1.52. The van der Waals surface area contributed by atoms with E-state index in [1.165, 1.54) is 37.1 Å². The van der Waals surface area contributed by atoms with Crippen LogP contribution in [-0.4, -0.2) is 19.1 Å². The molecule has 2 atom stereocenters. The van der Waals surface area contributed by atoms with E-state index in [4.69, 9.17) is 5.73 Å². The monoisotopic (exact) mass is 230 g/mol. The summed E-state index contributed by atoms with van der Waals surface area (Å²) in [6.45, 7) is 4.32. The highest BCUT2D eigenvalue weighted by Gasteiger charge is 2.35. The van der Waals surface area contributed by atoms with Gasteiger partial charge in [-0.25, -0.2) is 0 Å². The summed E-state index contributed by atoms with van der Waals surface area (Å²) >= 11 is 0. The van der Waals surface area contributed by atoms with Gasteiger partial charge >= 0.3 is 0 Å². The van der Waals surface area contributed by atoms with Crippen molar-refractivity contribution in [2.75, 3.05) is 18.0 Å². The molecule has 0 amide bonds. The first-order valence-corrected chi connectivity index (χ1v) is 6.84. The largest absolute Gasteiger partial charge is 0.367 e. The summed E-state index contributed by atoms with van der Waals surface area (Å²) < 4.78 is 0. The van der Waals surface area contributed by atoms with Crippen LogP contribution in [0, 0.1) is 11.8 Å². The van der Waals surface area contributed by atoms with Crippen molar-refractivity contribution in [3.05, 3.63) is 29.8 Å². The maximum atomic E-state index is 5.87. The molecule has 0 spiro atoms. The maximum Gasteiger partial charge on any atom is 0.0402 e. The molecule has 1 aliphatic carbocycles. The van der Waals surface area contributed by atoms with Crippen molar-refractivity contribution in [2.45, 2.75) is 32.2 Å². The van der Waals surface area contributed by atoms with Crippen molar-refractivity contribution in [2.24, 2.45) is 17.6 Å². The number of nitrogens with zero attached hydrogens (tertiary/aromatic N) is 1. The molecule has 2 unspecified atom stereocenters. The lowest BCUT2D eigenvalue weighted by atomic mass is 9.98. The van der Waals surface area contributed by atoms with E-state index in [9.17, 15) is 0 Å². The van der Waals surface area contributed by atoms with Crippen molar-refractivity contribution in [1.82, 2.24) is 0 Å². The molecule has 0 aromatic heterocycles. The van der Waals surface area contributed by atoms with Gasteiger partial charge in [-0.1, -0.05) is 25.1 Å². The zero-order valence-corrected chi connectivity index (χ0v) is 10.6. The van der Waals surface area contributed by atoms with Gasteiger partial charge in [0.1, 0.15) is 0 Å². The first-order chi connectivity index (χ1) is 8.29. The number of benzene rings is 1. The zero-order valence-electron chi connectivity index (χ0n) is 10.6.